The van der Waals surface area contributed by atoms with E-state index in [1.807, 2.05) is 0 Å². The summed E-state index contributed by atoms with van der Waals surface area (Å²) in [6, 6.07) is 0. The van der Waals surface area contributed by atoms with Crippen molar-refractivity contribution in [1.29, 1.82) is 0 Å². The molecule has 0 fully saturated rings. The molecule has 0 aliphatic heterocycles. The van der Waals surface area contributed by atoms with Crippen molar-refractivity contribution in [2.75, 3.05) is 19.8 Å². The van der Waals surface area contributed by atoms with E-state index in [2.05, 4.69) is 4.74 Å². The van der Waals surface area contributed by atoms with Gasteiger partial charge >= 0.3 is 17.9 Å². The van der Waals surface area contributed by atoms with Crippen LogP contribution in [0.15, 0.2) is 0 Å². The fourth-order valence-electron chi connectivity index (χ4n) is 1.04. The summed E-state index contributed by atoms with van der Waals surface area (Å²) >= 11 is 0. The summed E-state index contributed by atoms with van der Waals surface area (Å²) < 4.78 is 14.3. The number of carbonyl (C=O) groups is 3. The first kappa shape index (κ1) is 16.4. The first-order valence-corrected chi connectivity index (χ1v) is 5.52. The fraction of sp³-hybridized carbons (Fsp3) is 0.727. The lowest BCUT2D eigenvalue weighted by Gasteiger charge is -2.16. The molecule has 0 saturated carbocycles. The van der Waals surface area contributed by atoms with Crippen molar-refractivity contribution in [1.82, 2.24) is 0 Å². The molecular formula is C11H18O7. The Morgan fingerprint density at radius 2 is 1.67 bits per heavy atom. The molecular weight excluding hydrogens is 244 g/mol. The van der Waals surface area contributed by atoms with E-state index < -0.39 is 24.0 Å². The number of ether oxygens (including phenoxy) is 3. The van der Waals surface area contributed by atoms with Gasteiger partial charge in [0.2, 0.25) is 0 Å². The Balaban J connectivity index is 4.02. The van der Waals surface area contributed by atoms with Crippen LogP contribution in [0, 0.1) is 0 Å². The number of aliphatic hydroxyl groups is 1. The van der Waals surface area contributed by atoms with Crippen molar-refractivity contribution >= 4 is 17.9 Å². The minimum Gasteiger partial charge on any atom is -0.462 e. The predicted octanol–water partition coefficient (Wildman–Crippen LogP) is -0.203. The SMILES string of the molecule is CC(=O)OCC(COC(=O)CCCO)OC(C)=O. The highest BCUT2D eigenvalue weighted by atomic mass is 16.6. The molecule has 0 saturated heterocycles. The van der Waals surface area contributed by atoms with Crippen LogP contribution in [0.1, 0.15) is 26.7 Å². The van der Waals surface area contributed by atoms with Gasteiger partial charge in [0.15, 0.2) is 6.10 Å². The normalized spacial score (nSPS) is 11.5. The van der Waals surface area contributed by atoms with Crippen LogP contribution >= 0.6 is 0 Å². The van der Waals surface area contributed by atoms with Gasteiger partial charge in [0, 0.05) is 26.9 Å². The van der Waals surface area contributed by atoms with Gasteiger partial charge in [0.25, 0.3) is 0 Å². The maximum Gasteiger partial charge on any atom is 0.306 e. The number of hydrogen-bond donors (Lipinski definition) is 1. The molecule has 104 valence electrons. The number of hydrogen-bond acceptors (Lipinski definition) is 7. The Morgan fingerprint density at radius 1 is 1.06 bits per heavy atom. The predicted molar refractivity (Wildman–Crippen MR) is 59.5 cm³/mol. The number of esters is 3. The number of rotatable bonds is 8. The highest BCUT2D eigenvalue weighted by Crippen LogP contribution is 1.99. The smallest absolute Gasteiger partial charge is 0.306 e. The second-order valence-corrected chi connectivity index (χ2v) is 3.54. The molecule has 0 aromatic carbocycles. The maximum absolute atomic E-state index is 11.1. The zero-order valence-corrected chi connectivity index (χ0v) is 10.5. The average Bonchev–Trinajstić information content (AvgIpc) is 2.29. The van der Waals surface area contributed by atoms with Crippen molar-refractivity contribution in [3.8, 4) is 0 Å². The van der Waals surface area contributed by atoms with Gasteiger partial charge in [0.05, 0.1) is 0 Å². The monoisotopic (exact) mass is 262 g/mol. The first-order valence-electron chi connectivity index (χ1n) is 5.52. The lowest BCUT2D eigenvalue weighted by atomic mass is 10.3. The molecule has 0 rings (SSSR count). The molecule has 1 N–H and O–H groups in total. The summed E-state index contributed by atoms with van der Waals surface area (Å²) in [6.07, 6.45) is -0.429. The van der Waals surface area contributed by atoms with Crippen LogP contribution in [0.4, 0.5) is 0 Å². The highest BCUT2D eigenvalue weighted by molar-refractivity contribution is 5.69. The lowest BCUT2D eigenvalue weighted by Crippen LogP contribution is -2.29. The molecule has 7 heteroatoms. The topological polar surface area (TPSA) is 99.1 Å². The van der Waals surface area contributed by atoms with E-state index in [9.17, 15) is 14.4 Å². The zero-order valence-electron chi connectivity index (χ0n) is 10.5. The summed E-state index contributed by atoms with van der Waals surface area (Å²) in [4.78, 5) is 32.5. The highest BCUT2D eigenvalue weighted by Gasteiger charge is 2.16. The molecule has 0 aliphatic carbocycles. The van der Waals surface area contributed by atoms with Gasteiger partial charge in [-0.2, -0.15) is 0 Å². The Kier molecular flexibility index (Phi) is 8.55. The van der Waals surface area contributed by atoms with Crippen LogP contribution in [0.25, 0.3) is 0 Å². The molecule has 1 atom stereocenters. The van der Waals surface area contributed by atoms with E-state index in [4.69, 9.17) is 14.6 Å². The second-order valence-electron chi connectivity index (χ2n) is 3.54. The molecule has 1 unspecified atom stereocenters. The van der Waals surface area contributed by atoms with E-state index in [0.29, 0.717) is 6.42 Å². The van der Waals surface area contributed by atoms with Crippen LogP contribution < -0.4 is 0 Å². The van der Waals surface area contributed by atoms with Crippen LogP contribution in [0.5, 0.6) is 0 Å². The largest absolute Gasteiger partial charge is 0.462 e. The molecule has 0 aromatic rings. The molecule has 0 heterocycles. The van der Waals surface area contributed by atoms with Crippen molar-refractivity contribution in [2.24, 2.45) is 0 Å². The standard InChI is InChI=1S/C11H18O7/c1-8(13)16-6-10(18-9(2)14)7-17-11(15)4-3-5-12/h10,12H,3-7H2,1-2H3. The Labute approximate surface area is 105 Å². The van der Waals surface area contributed by atoms with Crippen LogP contribution in [-0.4, -0.2) is 48.9 Å². The van der Waals surface area contributed by atoms with Crippen molar-refractivity contribution < 1.29 is 33.7 Å². The third-order valence-corrected chi connectivity index (χ3v) is 1.77. The Morgan fingerprint density at radius 3 is 2.17 bits per heavy atom. The van der Waals surface area contributed by atoms with Gasteiger partial charge in [-0.1, -0.05) is 0 Å². The molecule has 0 amide bonds. The van der Waals surface area contributed by atoms with Gasteiger partial charge in [-0.25, -0.2) is 0 Å². The van der Waals surface area contributed by atoms with Gasteiger partial charge in [0.1, 0.15) is 13.2 Å². The summed E-state index contributed by atoms with van der Waals surface area (Å²) in [7, 11) is 0. The van der Waals surface area contributed by atoms with Crippen molar-refractivity contribution in [3.05, 3.63) is 0 Å². The van der Waals surface area contributed by atoms with Gasteiger partial charge in [-0.05, 0) is 6.42 Å². The third kappa shape index (κ3) is 9.59. The molecule has 0 spiro atoms. The Bertz CT molecular complexity index is 287. The first-order chi connectivity index (χ1) is 8.45. The fourth-order valence-corrected chi connectivity index (χ4v) is 1.04. The Hall–Kier alpha value is -1.63. The van der Waals surface area contributed by atoms with E-state index in [1.54, 1.807) is 0 Å². The van der Waals surface area contributed by atoms with Crippen LogP contribution in [0.3, 0.4) is 0 Å². The van der Waals surface area contributed by atoms with E-state index in [0.717, 1.165) is 0 Å². The number of carbonyl (C=O) groups excluding carboxylic acids is 3. The minimum atomic E-state index is -0.815. The summed E-state index contributed by atoms with van der Waals surface area (Å²) in [5.74, 6) is -1.58. The minimum absolute atomic E-state index is 0.0802. The molecule has 0 bridgehead atoms. The van der Waals surface area contributed by atoms with E-state index in [1.165, 1.54) is 13.8 Å². The molecule has 0 aliphatic rings. The summed E-state index contributed by atoms with van der Waals surface area (Å²) in [5.41, 5.74) is 0. The van der Waals surface area contributed by atoms with Gasteiger partial charge in [-0.15, -0.1) is 0 Å². The molecule has 0 radical (unpaired) electrons. The quantitative estimate of drug-likeness (QED) is 0.477. The summed E-state index contributed by atoms with van der Waals surface area (Å²) in [5, 5.41) is 8.52. The molecule has 0 aromatic heterocycles. The molecule has 7 nitrogen and oxygen atoms in total. The number of aliphatic hydroxyl groups excluding tert-OH is 1. The average molecular weight is 262 g/mol. The third-order valence-electron chi connectivity index (χ3n) is 1.77. The zero-order chi connectivity index (χ0) is 14.0. The lowest BCUT2D eigenvalue weighted by molar-refractivity contribution is -0.164. The van der Waals surface area contributed by atoms with E-state index >= 15 is 0 Å². The van der Waals surface area contributed by atoms with Gasteiger partial charge < -0.3 is 19.3 Å². The van der Waals surface area contributed by atoms with Crippen molar-refractivity contribution in [2.45, 2.75) is 32.8 Å². The summed E-state index contributed by atoms with van der Waals surface area (Å²) in [6.45, 7) is 1.97. The van der Waals surface area contributed by atoms with E-state index in [-0.39, 0.29) is 26.2 Å². The van der Waals surface area contributed by atoms with Crippen LogP contribution in [0.2, 0.25) is 0 Å². The van der Waals surface area contributed by atoms with Crippen molar-refractivity contribution in [3.63, 3.8) is 0 Å². The van der Waals surface area contributed by atoms with Gasteiger partial charge in [-0.3, -0.25) is 14.4 Å². The molecule has 18 heavy (non-hydrogen) atoms. The second kappa shape index (κ2) is 9.41. The van der Waals surface area contributed by atoms with Crippen LogP contribution in [-0.2, 0) is 28.6 Å². The maximum atomic E-state index is 11.1.